The highest BCUT2D eigenvalue weighted by Gasteiger charge is 2.26. The maximum absolute atomic E-state index is 5.45. The molecule has 1 unspecified atom stereocenters. The molecule has 0 spiro atoms. The lowest BCUT2D eigenvalue weighted by Crippen LogP contribution is -2.46. The highest BCUT2D eigenvalue weighted by atomic mass is 35.5. The maximum Gasteiger partial charge on any atom is 0.127 e. The molecule has 1 fully saturated rings. The average Bonchev–Trinajstić information content (AvgIpc) is 2.96. The predicted octanol–water partition coefficient (Wildman–Crippen LogP) is 2.31. The highest BCUT2D eigenvalue weighted by molar-refractivity contribution is 5.85. The van der Waals surface area contributed by atoms with Crippen LogP contribution in [0.25, 0.3) is 0 Å². The Hall–Kier alpha value is -1.56. The van der Waals surface area contributed by atoms with E-state index in [1.807, 2.05) is 12.4 Å². The summed E-state index contributed by atoms with van der Waals surface area (Å²) in [6.45, 7) is 5.96. The molecule has 5 nitrogen and oxygen atoms in total. The summed E-state index contributed by atoms with van der Waals surface area (Å²) >= 11 is 0. The van der Waals surface area contributed by atoms with Crippen molar-refractivity contribution in [3.05, 3.63) is 47.5 Å². The first-order valence-electron chi connectivity index (χ1n) is 7.74. The summed E-state index contributed by atoms with van der Waals surface area (Å²) in [4.78, 5) is 7.02. The third-order valence-electron chi connectivity index (χ3n) is 4.37. The fourth-order valence-corrected chi connectivity index (χ4v) is 3.09. The van der Waals surface area contributed by atoms with Crippen molar-refractivity contribution in [2.45, 2.75) is 19.5 Å². The van der Waals surface area contributed by atoms with Gasteiger partial charge in [0.05, 0.1) is 13.2 Å². The molecular weight excluding hydrogens is 312 g/mol. The van der Waals surface area contributed by atoms with E-state index in [4.69, 9.17) is 4.74 Å². The molecule has 1 aromatic heterocycles. The van der Waals surface area contributed by atoms with Gasteiger partial charge in [-0.15, -0.1) is 12.4 Å². The number of nitrogens with one attached hydrogen (secondary N) is 1. The number of piperazine rings is 1. The van der Waals surface area contributed by atoms with Crippen molar-refractivity contribution in [1.82, 2.24) is 19.8 Å². The van der Waals surface area contributed by atoms with E-state index < -0.39 is 0 Å². The zero-order chi connectivity index (χ0) is 15.5. The van der Waals surface area contributed by atoms with Crippen LogP contribution in [-0.4, -0.2) is 41.2 Å². The van der Waals surface area contributed by atoms with E-state index in [0.29, 0.717) is 6.04 Å². The molecule has 1 aliphatic rings. The number of hydrogen-bond donors (Lipinski definition) is 1. The predicted molar refractivity (Wildman–Crippen MR) is 94.2 cm³/mol. The van der Waals surface area contributed by atoms with Crippen LogP contribution in [0.1, 0.15) is 23.0 Å². The van der Waals surface area contributed by atoms with Crippen molar-refractivity contribution in [2.75, 3.05) is 26.7 Å². The van der Waals surface area contributed by atoms with Gasteiger partial charge in [0.2, 0.25) is 0 Å². The number of aryl methyl sites for hydroxylation is 2. The summed E-state index contributed by atoms with van der Waals surface area (Å²) in [7, 11) is 3.79. The topological polar surface area (TPSA) is 42.3 Å². The van der Waals surface area contributed by atoms with Gasteiger partial charge in [-0.3, -0.25) is 4.90 Å². The molecule has 0 saturated carbocycles. The van der Waals surface area contributed by atoms with Crippen LogP contribution in [0.4, 0.5) is 0 Å². The third-order valence-corrected chi connectivity index (χ3v) is 4.37. The Morgan fingerprint density at radius 3 is 2.91 bits per heavy atom. The molecule has 1 saturated heterocycles. The number of ether oxygens (including phenoxy) is 1. The first kappa shape index (κ1) is 17.8. The number of halogens is 1. The largest absolute Gasteiger partial charge is 0.496 e. The van der Waals surface area contributed by atoms with Crippen LogP contribution in [0.5, 0.6) is 5.75 Å². The van der Waals surface area contributed by atoms with Crippen LogP contribution in [0.2, 0.25) is 0 Å². The minimum atomic E-state index is 0. The summed E-state index contributed by atoms with van der Waals surface area (Å²) in [6, 6.07) is 6.77. The van der Waals surface area contributed by atoms with Crippen LogP contribution in [0.3, 0.4) is 0 Å². The summed E-state index contributed by atoms with van der Waals surface area (Å²) in [5, 5.41) is 3.48. The lowest BCUT2D eigenvalue weighted by atomic mass is 10.1. The van der Waals surface area contributed by atoms with Gasteiger partial charge in [-0.05, 0) is 24.1 Å². The van der Waals surface area contributed by atoms with Crippen molar-refractivity contribution in [3.63, 3.8) is 0 Å². The first-order chi connectivity index (χ1) is 10.7. The van der Waals surface area contributed by atoms with E-state index in [1.165, 1.54) is 11.1 Å². The average molecular weight is 337 g/mol. The number of imidazole rings is 1. The number of methoxy groups -OCH3 is 1. The fraction of sp³-hybridized carbons (Fsp3) is 0.471. The van der Waals surface area contributed by atoms with Gasteiger partial charge in [-0.25, -0.2) is 4.98 Å². The van der Waals surface area contributed by atoms with E-state index in [0.717, 1.165) is 37.8 Å². The molecule has 2 heterocycles. The second kappa shape index (κ2) is 7.81. The number of hydrogen-bond acceptors (Lipinski definition) is 4. The second-order valence-electron chi connectivity index (χ2n) is 5.89. The van der Waals surface area contributed by atoms with Crippen molar-refractivity contribution in [2.24, 2.45) is 7.05 Å². The summed E-state index contributed by atoms with van der Waals surface area (Å²) in [5.74, 6) is 2.08. The van der Waals surface area contributed by atoms with Gasteiger partial charge in [0, 0.05) is 45.6 Å². The quantitative estimate of drug-likeness (QED) is 0.930. The Morgan fingerprint density at radius 1 is 1.39 bits per heavy atom. The number of nitrogens with zero attached hydrogens (tertiary/aromatic N) is 3. The Kier molecular flexibility index (Phi) is 6.04. The lowest BCUT2D eigenvalue weighted by molar-refractivity contribution is 0.144. The second-order valence-corrected chi connectivity index (χ2v) is 5.89. The normalized spacial score (nSPS) is 18.5. The van der Waals surface area contributed by atoms with E-state index in [1.54, 1.807) is 7.11 Å². The monoisotopic (exact) mass is 336 g/mol. The van der Waals surface area contributed by atoms with Crippen molar-refractivity contribution in [1.29, 1.82) is 0 Å². The number of aromatic nitrogens is 2. The fourth-order valence-electron chi connectivity index (χ4n) is 3.09. The summed E-state index contributed by atoms with van der Waals surface area (Å²) in [6.07, 6.45) is 3.88. The van der Waals surface area contributed by atoms with E-state index in [9.17, 15) is 0 Å². The van der Waals surface area contributed by atoms with E-state index in [-0.39, 0.29) is 12.4 Å². The van der Waals surface area contributed by atoms with Gasteiger partial charge in [-0.1, -0.05) is 12.1 Å². The van der Waals surface area contributed by atoms with Gasteiger partial charge in [-0.2, -0.15) is 0 Å². The molecule has 0 radical (unpaired) electrons. The van der Waals surface area contributed by atoms with Crippen molar-refractivity contribution >= 4 is 12.4 Å². The highest BCUT2D eigenvalue weighted by Crippen LogP contribution is 2.25. The molecule has 0 aliphatic carbocycles. The molecule has 3 rings (SSSR count). The van der Waals surface area contributed by atoms with Crippen LogP contribution in [0.15, 0.2) is 30.6 Å². The summed E-state index contributed by atoms with van der Waals surface area (Å²) < 4.78 is 7.56. The standard InChI is InChI=1S/C17H24N4O.ClH/c1-13-4-5-14(10-16(13)22-3)12-21-9-6-18-11-15(21)17-19-7-8-20(17)2;/h4-5,7-8,10,15,18H,6,9,11-12H2,1-3H3;1H. The minimum absolute atomic E-state index is 0. The van der Waals surface area contributed by atoms with Crippen LogP contribution in [-0.2, 0) is 13.6 Å². The third kappa shape index (κ3) is 3.86. The Labute approximate surface area is 144 Å². The molecule has 1 aliphatic heterocycles. The van der Waals surface area contributed by atoms with Gasteiger partial charge in [0.15, 0.2) is 0 Å². The number of rotatable bonds is 4. The zero-order valence-electron chi connectivity index (χ0n) is 14.0. The van der Waals surface area contributed by atoms with Gasteiger partial charge in [0.1, 0.15) is 11.6 Å². The molecule has 0 amide bonds. The van der Waals surface area contributed by atoms with E-state index >= 15 is 0 Å². The molecule has 6 heteroatoms. The Bertz CT molecular complexity index is 643. The van der Waals surface area contributed by atoms with Gasteiger partial charge in [0.25, 0.3) is 0 Å². The van der Waals surface area contributed by atoms with Gasteiger partial charge >= 0.3 is 0 Å². The minimum Gasteiger partial charge on any atom is -0.496 e. The first-order valence-corrected chi connectivity index (χ1v) is 7.74. The van der Waals surface area contributed by atoms with E-state index in [2.05, 4.69) is 51.9 Å². The maximum atomic E-state index is 5.45. The zero-order valence-corrected chi connectivity index (χ0v) is 14.8. The Morgan fingerprint density at radius 2 is 2.22 bits per heavy atom. The number of benzene rings is 1. The smallest absolute Gasteiger partial charge is 0.127 e. The molecule has 0 bridgehead atoms. The van der Waals surface area contributed by atoms with Crippen molar-refractivity contribution in [3.8, 4) is 5.75 Å². The molecule has 126 valence electrons. The summed E-state index contributed by atoms with van der Waals surface area (Å²) in [5.41, 5.74) is 2.45. The lowest BCUT2D eigenvalue weighted by Gasteiger charge is -2.35. The molecule has 23 heavy (non-hydrogen) atoms. The molecule has 1 atom stereocenters. The Balaban J connectivity index is 0.00000192. The molecule has 1 N–H and O–H groups in total. The molecular formula is C17H25ClN4O. The van der Waals surface area contributed by atoms with Gasteiger partial charge < -0.3 is 14.6 Å². The van der Waals surface area contributed by atoms with Crippen LogP contribution >= 0.6 is 12.4 Å². The van der Waals surface area contributed by atoms with Crippen LogP contribution in [0, 0.1) is 6.92 Å². The van der Waals surface area contributed by atoms with Crippen LogP contribution < -0.4 is 10.1 Å². The molecule has 1 aromatic carbocycles. The molecule has 2 aromatic rings. The van der Waals surface area contributed by atoms with Crippen molar-refractivity contribution < 1.29 is 4.74 Å². The SMILES string of the molecule is COc1cc(CN2CCNCC2c2nccn2C)ccc1C.Cl.